The maximum Gasteiger partial charge on any atom is 0.181 e. The maximum atomic E-state index is 9.98. The van der Waals surface area contributed by atoms with E-state index in [4.69, 9.17) is 18.9 Å². The highest BCUT2D eigenvalue weighted by molar-refractivity contribution is 5.93. The fourth-order valence-corrected chi connectivity index (χ4v) is 3.83. The SMILES string of the molecule is COc1cc2nc(-c3cccc(O)c3)cc(OC(C)c3ccccc3)c2cc1-c1cnco1. The van der Waals surface area contributed by atoms with Crippen LogP contribution in [-0.2, 0) is 0 Å². The van der Waals surface area contributed by atoms with Crippen molar-refractivity contribution in [2.75, 3.05) is 7.11 Å². The average Bonchev–Trinajstić information content (AvgIpc) is 3.38. The predicted molar refractivity (Wildman–Crippen MR) is 126 cm³/mol. The monoisotopic (exact) mass is 438 g/mol. The second-order valence-corrected chi connectivity index (χ2v) is 7.66. The summed E-state index contributed by atoms with van der Waals surface area (Å²) in [7, 11) is 1.61. The number of rotatable bonds is 6. The zero-order valence-electron chi connectivity index (χ0n) is 18.2. The second-order valence-electron chi connectivity index (χ2n) is 7.66. The standard InChI is InChI=1S/C27H22N2O4/c1-17(18-7-4-3-5-8-18)33-26-13-23(19-9-6-10-20(30)11-19)29-24-14-25(31-2)22(12-21(24)26)27-15-28-16-32-27/h3-17,30H,1-2H3. The Balaban J connectivity index is 1.70. The Bertz CT molecular complexity index is 1400. The van der Waals surface area contributed by atoms with Crippen molar-refractivity contribution in [1.29, 1.82) is 0 Å². The fraction of sp³-hybridized carbons (Fsp3) is 0.111. The summed E-state index contributed by atoms with van der Waals surface area (Å²) in [5, 5.41) is 10.8. The number of benzene rings is 3. The van der Waals surface area contributed by atoms with Gasteiger partial charge in [0.1, 0.15) is 23.4 Å². The Morgan fingerprint density at radius 2 is 1.79 bits per heavy atom. The fourth-order valence-electron chi connectivity index (χ4n) is 3.83. The molecule has 33 heavy (non-hydrogen) atoms. The molecule has 3 aromatic carbocycles. The number of phenolic OH excluding ortho intramolecular Hbond substituents is 1. The van der Waals surface area contributed by atoms with Crippen molar-refractivity contribution in [3.8, 4) is 39.8 Å². The molecule has 0 aliphatic rings. The third kappa shape index (κ3) is 4.11. The number of nitrogens with zero attached hydrogens (tertiary/aromatic N) is 2. The van der Waals surface area contributed by atoms with Gasteiger partial charge in [0.15, 0.2) is 12.2 Å². The lowest BCUT2D eigenvalue weighted by atomic mass is 10.0. The molecule has 2 aromatic heterocycles. The number of aromatic nitrogens is 2. The summed E-state index contributed by atoms with van der Waals surface area (Å²) in [5.41, 5.74) is 3.98. The summed E-state index contributed by atoms with van der Waals surface area (Å²) >= 11 is 0. The minimum Gasteiger partial charge on any atom is -0.508 e. The van der Waals surface area contributed by atoms with Crippen molar-refractivity contribution >= 4 is 10.9 Å². The maximum absolute atomic E-state index is 9.98. The van der Waals surface area contributed by atoms with E-state index in [1.54, 1.807) is 31.5 Å². The van der Waals surface area contributed by atoms with Crippen LogP contribution < -0.4 is 9.47 Å². The molecule has 6 heteroatoms. The Kier molecular flexibility index (Phi) is 5.40. The first-order valence-corrected chi connectivity index (χ1v) is 10.5. The third-order valence-electron chi connectivity index (χ3n) is 5.50. The molecule has 0 spiro atoms. The van der Waals surface area contributed by atoms with Crippen LogP contribution in [0.2, 0.25) is 0 Å². The van der Waals surface area contributed by atoms with Crippen molar-refractivity contribution < 1.29 is 19.0 Å². The number of hydrogen-bond acceptors (Lipinski definition) is 6. The first-order chi connectivity index (χ1) is 16.1. The molecule has 0 aliphatic carbocycles. The van der Waals surface area contributed by atoms with E-state index in [0.29, 0.717) is 28.5 Å². The second kappa shape index (κ2) is 8.67. The van der Waals surface area contributed by atoms with E-state index in [2.05, 4.69) is 4.98 Å². The van der Waals surface area contributed by atoms with Gasteiger partial charge in [-0.15, -0.1) is 0 Å². The molecule has 0 aliphatic heterocycles. The number of phenols is 1. The molecule has 0 bridgehead atoms. The topological polar surface area (TPSA) is 77.6 Å². The lowest BCUT2D eigenvalue weighted by Gasteiger charge is -2.19. The summed E-state index contributed by atoms with van der Waals surface area (Å²) in [6.07, 6.45) is 2.84. The molecule has 6 nitrogen and oxygen atoms in total. The Morgan fingerprint density at radius 1 is 0.939 bits per heavy atom. The van der Waals surface area contributed by atoms with Crippen molar-refractivity contribution in [2.45, 2.75) is 13.0 Å². The van der Waals surface area contributed by atoms with Gasteiger partial charge in [-0.25, -0.2) is 9.97 Å². The number of pyridine rings is 1. The molecule has 0 radical (unpaired) electrons. The molecular weight excluding hydrogens is 416 g/mol. The molecule has 5 aromatic rings. The van der Waals surface area contributed by atoms with Crippen molar-refractivity contribution in [2.24, 2.45) is 0 Å². The van der Waals surface area contributed by atoms with E-state index in [-0.39, 0.29) is 11.9 Å². The number of methoxy groups -OCH3 is 1. The van der Waals surface area contributed by atoms with Crippen LogP contribution in [0.25, 0.3) is 33.5 Å². The molecule has 0 saturated heterocycles. The van der Waals surface area contributed by atoms with Gasteiger partial charge in [-0.1, -0.05) is 42.5 Å². The quantitative estimate of drug-likeness (QED) is 0.330. The largest absolute Gasteiger partial charge is 0.508 e. The van der Waals surface area contributed by atoms with Crippen molar-refractivity contribution in [1.82, 2.24) is 9.97 Å². The van der Waals surface area contributed by atoms with Crippen LogP contribution in [0.4, 0.5) is 0 Å². The van der Waals surface area contributed by atoms with Gasteiger partial charge in [0.05, 0.1) is 30.1 Å². The van der Waals surface area contributed by atoms with Gasteiger partial charge in [-0.05, 0) is 30.7 Å². The third-order valence-corrected chi connectivity index (χ3v) is 5.50. The number of ether oxygens (including phenoxy) is 2. The minimum absolute atomic E-state index is 0.174. The summed E-state index contributed by atoms with van der Waals surface area (Å²) in [6.45, 7) is 2.01. The summed E-state index contributed by atoms with van der Waals surface area (Å²) < 4.78 is 17.6. The zero-order valence-corrected chi connectivity index (χ0v) is 18.2. The normalized spacial score (nSPS) is 11.9. The first kappa shape index (κ1) is 20.6. The Hall–Kier alpha value is -4.32. The van der Waals surface area contributed by atoms with Crippen molar-refractivity contribution in [3.05, 3.63) is 91.0 Å². The summed E-state index contributed by atoms with van der Waals surface area (Å²) in [6, 6.07) is 22.7. The molecule has 1 N–H and O–H groups in total. The van der Waals surface area contributed by atoms with Crippen LogP contribution in [-0.4, -0.2) is 22.2 Å². The van der Waals surface area contributed by atoms with Crippen molar-refractivity contribution in [3.63, 3.8) is 0 Å². The zero-order chi connectivity index (χ0) is 22.8. The number of fused-ring (bicyclic) bond motifs is 1. The van der Waals surface area contributed by atoms with E-state index in [1.165, 1.54) is 6.39 Å². The number of hydrogen-bond donors (Lipinski definition) is 1. The molecule has 2 heterocycles. The van der Waals surface area contributed by atoms with Crippen LogP contribution in [0.15, 0.2) is 89.8 Å². The molecule has 5 rings (SSSR count). The van der Waals surface area contributed by atoms with Gasteiger partial charge < -0.3 is 19.0 Å². The predicted octanol–water partition coefficient (Wildman–Crippen LogP) is 6.41. The van der Waals surface area contributed by atoms with Gasteiger partial charge in [-0.2, -0.15) is 0 Å². The highest BCUT2D eigenvalue weighted by Crippen LogP contribution is 2.40. The molecular formula is C27H22N2O4. The Labute approximate surface area is 191 Å². The van der Waals surface area contributed by atoms with E-state index in [0.717, 1.165) is 22.1 Å². The van der Waals surface area contributed by atoms with Crippen LogP contribution in [0.1, 0.15) is 18.6 Å². The average molecular weight is 438 g/mol. The van der Waals surface area contributed by atoms with Gasteiger partial charge in [0.2, 0.25) is 0 Å². The van der Waals surface area contributed by atoms with Gasteiger partial charge in [0, 0.05) is 23.1 Å². The van der Waals surface area contributed by atoms with Gasteiger partial charge in [0.25, 0.3) is 0 Å². The molecule has 1 unspecified atom stereocenters. The van der Waals surface area contributed by atoms with E-state index < -0.39 is 0 Å². The van der Waals surface area contributed by atoms with Gasteiger partial charge >= 0.3 is 0 Å². The van der Waals surface area contributed by atoms with Crippen LogP contribution in [0, 0.1) is 0 Å². The lowest BCUT2D eigenvalue weighted by molar-refractivity contribution is 0.230. The Morgan fingerprint density at radius 3 is 2.52 bits per heavy atom. The number of oxazole rings is 1. The molecule has 164 valence electrons. The van der Waals surface area contributed by atoms with Crippen LogP contribution in [0.3, 0.4) is 0 Å². The number of aromatic hydroxyl groups is 1. The first-order valence-electron chi connectivity index (χ1n) is 10.5. The van der Waals surface area contributed by atoms with E-state index >= 15 is 0 Å². The highest BCUT2D eigenvalue weighted by Gasteiger charge is 2.18. The minimum atomic E-state index is -0.190. The lowest BCUT2D eigenvalue weighted by Crippen LogP contribution is -2.04. The van der Waals surface area contributed by atoms with Gasteiger partial charge in [-0.3, -0.25) is 0 Å². The summed E-state index contributed by atoms with van der Waals surface area (Å²) in [5.74, 6) is 2.04. The van der Waals surface area contributed by atoms with Crippen LogP contribution >= 0.6 is 0 Å². The van der Waals surface area contributed by atoms with E-state index in [9.17, 15) is 5.11 Å². The molecule has 1 atom stereocenters. The van der Waals surface area contributed by atoms with E-state index in [1.807, 2.05) is 61.5 Å². The molecule has 0 fully saturated rings. The smallest absolute Gasteiger partial charge is 0.181 e. The van der Waals surface area contributed by atoms with Crippen LogP contribution in [0.5, 0.6) is 17.2 Å². The molecule has 0 saturated carbocycles. The summed E-state index contributed by atoms with van der Waals surface area (Å²) in [4.78, 5) is 8.87. The molecule has 0 amide bonds. The highest BCUT2D eigenvalue weighted by atomic mass is 16.5.